The number of hydrogen-bond donors (Lipinski definition) is 1. The van der Waals surface area contributed by atoms with Gasteiger partial charge >= 0.3 is 0 Å². The molecule has 0 spiro atoms. The normalized spacial score (nSPS) is 11.1. The van der Waals surface area contributed by atoms with Gasteiger partial charge in [-0.25, -0.2) is 13.4 Å². The number of nitro groups is 1. The monoisotopic (exact) mass is 515 g/mol. The number of halogens is 1. The number of aromatic nitrogens is 1. The van der Waals surface area contributed by atoms with E-state index in [4.69, 9.17) is 0 Å². The van der Waals surface area contributed by atoms with Crippen LogP contribution in [0.15, 0.2) is 63.8 Å². The number of nitrogens with one attached hydrogen (secondary N) is 1. The Hall–Kier alpha value is -2.38. The van der Waals surface area contributed by atoms with Gasteiger partial charge in [-0.05, 0) is 52.9 Å². The summed E-state index contributed by atoms with van der Waals surface area (Å²) in [4.78, 5) is 26.2. The Labute approximate surface area is 171 Å². The molecule has 27 heavy (non-hydrogen) atoms. The van der Waals surface area contributed by atoms with Crippen LogP contribution in [0, 0.1) is 13.7 Å². The lowest BCUT2D eigenvalue weighted by Gasteiger charge is -2.02. The van der Waals surface area contributed by atoms with Crippen LogP contribution in [0.3, 0.4) is 0 Å². The lowest BCUT2D eigenvalue weighted by molar-refractivity contribution is -0.384. The number of nitrogens with zero attached hydrogens (tertiary/aromatic N) is 2. The quantitative estimate of drug-likeness (QED) is 0.314. The fourth-order valence-electron chi connectivity index (χ4n) is 2.10. The van der Waals surface area contributed by atoms with Crippen LogP contribution in [0.25, 0.3) is 0 Å². The Bertz CT molecular complexity index is 1130. The number of carbonyl (C=O) groups is 1. The van der Waals surface area contributed by atoms with Gasteiger partial charge in [0.05, 0.1) is 16.0 Å². The Balaban J connectivity index is 1.82. The number of non-ortho nitro benzene ring substituents is 1. The third-order valence-electron chi connectivity index (χ3n) is 3.41. The summed E-state index contributed by atoms with van der Waals surface area (Å²) in [6.07, 6.45) is 1.14. The molecular formula is C16H10IN3O5S2. The first-order valence-electron chi connectivity index (χ1n) is 7.29. The molecule has 1 amide bonds. The molecule has 0 bridgehead atoms. The topological polar surface area (TPSA) is 119 Å². The molecule has 1 aromatic heterocycles. The number of amides is 1. The van der Waals surface area contributed by atoms with E-state index < -0.39 is 20.7 Å². The van der Waals surface area contributed by atoms with E-state index in [1.807, 2.05) is 6.07 Å². The Morgan fingerprint density at radius 3 is 2.52 bits per heavy atom. The van der Waals surface area contributed by atoms with Gasteiger partial charge in [0.15, 0.2) is 5.13 Å². The molecule has 0 saturated carbocycles. The Morgan fingerprint density at radius 2 is 1.89 bits per heavy atom. The molecule has 2 aromatic carbocycles. The number of rotatable bonds is 5. The van der Waals surface area contributed by atoms with E-state index in [1.54, 1.807) is 18.2 Å². The highest BCUT2D eigenvalue weighted by molar-refractivity contribution is 14.1. The van der Waals surface area contributed by atoms with Crippen LogP contribution in [0.5, 0.6) is 0 Å². The van der Waals surface area contributed by atoms with E-state index >= 15 is 0 Å². The molecule has 8 nitrogen and oxygen atoms in total. The molecule has 1 heterocycles. The second-order valence-electron chi connectivity index (χ2n) is 5.20. The maximum Gasteiger partial charge on any atom is 0.269 e. The minimum atomic E-state index is -3.89. The van der Waals surface area contributed by atoms with Crippen molar-refractivity contribution >= 4 is 60.5 Å². The van der Waals surface area contributed by atoms with Crippen molar-refractivity contribution in [2.45, 2.75) is 9.10 Å². The molecule has 0 atom stereocenters. The summed E-state index contributed by atoms with van der Waals surface area (Å²) in [7, 11) is -3.89. The van der Waals surface area contributed by atoms with Crippen molar-refractivity contribution in [2.24, 2.45) is 0 Å². The summed E-state index contributed by atoms with van der Waals surface area (Å²) in [5, 5.41) is 13.4. The van der Waals surface area contributed by atoms with Crippen LogP contribution in [0.1, 0.15) is 10.4 Å². The molecule has 0 saturated heterocycles. The first kappa shape index (κ1) is 19.4. The predicted molar refractivity (Wildman–Crippen MR) is 108 cm³/mol. The number of thiazole rings is 1. The summed E-state index contributed by atoms with van der Waals surface area (Å²) >= 11 is 2.89. The smallest absolute Gasteiger partial charge is 0.269 e. The largest absolute Gasteiger partial charge is 0.298 e. The van der Waals surface area contributed by atoms with Gasteiger partial charge in [0.1, 0.15) is 4.21 Å². The average Bonchev–Trinajstić information content (AvgIpc) is 3.11. The summed E-state index contributed by atoms with van der Waals surface area (Å²) < 4.78 is 26.0. The second-order valence-corrected chi connectivity index (χ2v) is 9.66. The molecule has 3 rings (SSSR count). The zero-order valence-electron chi connectivity index (χ0n) is 13.3. The van der Waals surface area contributed by atoms with Crippen LogP contribution >= 0.6 is 33.9 Å². The fraction of sp³-hybridized carbons (Fsp3) is 0. The second kappa shape index (κ2) is 7.70. The van der Waals surface area contributed by atoms with Gasteiger partial charge in [0.25, 0.3) is 11.6 Å². The van der Waals surface area contributed by atoms with E-state index in [0.717, 1.165) is 45.4 Å². The number of nitro benzene ring substituents is 1. The molecule has 0 unspecified atom stereocenters. The van der Waals surface area contributed by atoms with E-state index in [1.165, 1.54) is 0 Å². The van der Waals surface area contributed by atoms with Crippen LogP contribution in [0.2, 0.25) is 0 Å². The first-order chi connectivity index (χ1) is 12.8. The maximum atomic E-state index is 12.6. The number of sulfone groups is 1. The third-order valence-corrected chi connectivity index (χ3v) is 7.23. The zero-order chi connectivity index (χ0) is 19.6. The molecule has 1 N–H and O–H groups in total. The van der Waals surface area contributed by atoms with Crippen molar-refractivity contribution in [3.05, 3.63) is 74.0 Å². The number of carbonyl (C=O) groups excluding carboxylic acids is 1. The van der Waals surface area contributed by atoms with Crippen LogP contribution in [0.4, 0.5) is 10.8 Å². The van der Waals surface area contributed by atoms with Crippen molar-refractivity contribution < 1.29 is 18.1 Å². The van der Waals surface area contributed by atoms with Gasteiger partial charge in [0, 0.05) is 21.3 Å². The van der Waals surface area contributed by atoms with Crippen molar-refractivity contribution in [1.29, 1.82) is 0 Å². The Kier molecular flexibility index (Phi) is 5.53. The van der Waals surface area contributed by atoms with E-state index in [-0.39, 0.29) is 19.9 Å². The molecule has 0 aliphatic heterocycles. The fourth-order valence-corrected chi connectivity index (χ4v) is 5.07. The van der Waals surface area contributed by atoms with E-state index in [2.05, 4.69) is 32.9 Å². The lowest BCUT2D eigenvalue weighted by Crippen LogP contribution is -2.11. The van der Waals surface area contributed by atoms with Crippen LogP contribution < -0.4 is 5.32 Å². The molecule has 3 aromatic rings. The number of anilines is 1. The lowest BCUT2D eigenvalue weighted by atomic mass is 10.2. The summed E-state index contributed by atoms with van der Waals surface area (Å²) in [6, 6.07) is 11.5. The highest BCUT2D eigenvalue weighted by Crippen LogP contribution is 2.29. The molecule has 11 heteroatoms. The molecular weight excluding hydrogens is 505 g/mol. The van der Waals surface area contributed by atoms with Gasteiger partial charge in [-0.15, -0.1) is 0 Å². The summed E-state index contributed by atoms with van der Waals surface area (Å²) in [6.45, 7) is 0. The van der Waals surface area contributed by atoms with E-state index in [0.29, 0.717) is 5.56 Å². The van der Waals surface area contributed by atoms with Crippen molar-refractivity contribution in [3.8, 4) is 0 Å². The molecule has 0 radical (unpaired) electrons. The maximum absolute atomic E-state index is 12.6. The standard InChI is InChI=1S/C16H10IN3O5S2/c17-11-3-1-2-10(8-11)15(21)19-16-18-9-14(26-16)27(24,25)13-6-4-12(5-7-13)20(22)23/h1-9H,(H,18,19,21). The van der Waals surface area contributed by atoms with Gasteiger partial charge < -0.3 is 0 Å². The molecule has 0 aliphatic carbocycles. The minimum Gasteiger partial charge on any atom is -0.298 e. The van der Waals surface area contributed by atoms with Gasteiger partial charge in [0.2, 0.25) is 9.84 Å². The summed E-state index contributed by atoms with van der Waals surface area (Å²) in [5.74, 6) is -0.401. The Morgan fingerprint density at radius 1 is 1.19 bits per heavy atom. The van der Waals surface area contributed by atoms with Gasteiger partial charge in [-0.2, -0.15) is 0 Å². The van der Waals surface area contributed by atoms with Crippen LogP contribution in [-0.4, -0.2) is 24.2 Å². The van der Waals surface area contributed by atoms with Crippen molar-refractivity contribution in [1.82, 2.24) is 4.98 Å². The SMILES string of the molecule is O=C(Nc1ncc(S(=O)(=O)c2ccc([N+](=O)[O-])cc2)s1)c1cccc(I)c1. The highest BCUT2D eigenvalue weighted by atomic mass is 127. The molecule has 0 aliphatic rings. The highest BCUT2D eigenvalue weighted by Gasteiger charge is 2.22. The van der Waals surface area contributed by atoms with Gasteiger partial charge in [-0.1, -0.05) is 17.4 Å². The number of hydrogen-bond acceptors (Lipinski definition) is 7. The minimum absolute atomic E-state index is 0.0747. The average molecular weight is 515 g/mol. The van der Waals surface area contributed by atoms with Crippen molar-refractivity contribution in [2.75, 3.05) is 5.32 Å². The number of benzene rings is 2. The third kappa shape index (κ3) is 4.31. The van der Waals surface area contributed by atoms with Gasteiger partial charge in [-0.3, -0.25) is 20.2 Å². The van der Waals surface area contributed by atoms with Crippen molar-refractivity contribution in [3.63, 3.8) is 0 Å². The van der Waals surface area contributed by atoms with E-state index in [9.17, 15) is 23.3 Å². The predicted octanol–water partition coefficient (Wildman–Crippen LogP) is 3.74. The first-order valence-corrected chi connectivity index (χ1v) is 10.7. The molecule has 0 fully saturated rings. The molecule has 138 valence electrons. The zero-order valence-corrected chi connectivity index (χ0v) is 17.1. The summed E-state index contributed by atoms with van der Waals surface area (Å²) in [5.41, 5.74) is 0.223. The van der Waals surface area contributed by atoms with Crippen LogP contribution in [-0.2, 0) is 9.84 Å².